The van der Waals surface area contributed by atoms with Crippen LogP contribution in [0.4, 0.5) is 20.0 Å². The maximum Gasteiger partial charge on any atom is 0.318 e. The average Bonchev–Trinajstić information content (AvgIpc) is 3.16. The van der Waals surface area contributed by atoms with Crippen molar-refractivity contribution < 1.29 is 18.7 Å². The average molecular weight is 422 g/mol. The van der Waals surface area contributed by atoms with Crippen molar-refractivity contribution >= 4 is 34.1 Å². The van der Waals surface area contributed by atoms with E-state index in [-0.39, 0.29) is 17.8 Å². The van der Waals surface area contributed by atoms with E-state index in [1.807, 2.05) is 0 Å². The van der Waals surface area contributed by atoms with Crippen LogP contribution in [0.25, 0.3) is 0 Å². The van der Waals surface area contributed by atoms with E-state index in [1.165, 1.54) is 23.5 Å². The molecule has 0 radical (unpaired) electrons. The number of urea groups is 1. The predicted octanol–water partition coefficient (Wildman–Crippen LogP) is 1.68. The van der Waals surface area contributed by atoms with E-state index in [2.05, 4.69) is 25.7 Å². The van der Waals surface area contributed by atoms with Crippen LogP contribution >= 0.6 is 11.3 Å². The number of halogens is 1. The normalized spacial score (nSPS) is 15.1. The van der Waals surface area contributed by atoms with Crippen LogP contribution in [0.5, 0.6) is 0 Å². The van der Waals surface area contributed by atoms with Crippen LogP contribution in [0.1, 0.15) is 11.9 Å². The van der Waals surface area contributed by atoms with Gasteiger partial charge in [-0.2, -0.15) is 0 Å². The highest BCUT2D eigenvalue weighted by Crippen LogP contribution is 2.17. The summed E-state index contributed by atoms with van der Waals surface area (Å²) in [6.45, 7) is 4.21. The fourth-order valence-electron chi connectivity index (χ4n) is 2.86. The third kappa shape index (κ3) is 5.61. The molecule has 0 spiro atoms. The van der Waals surface area contributed by atoms with Gasteiger partial charge in [0.15, 0.2) is 0 Å². The number of hydrogen-bond donors (Lipinski definition) is 2. The van der Waals surface area contributed by atoms with Gasteiger partial charge in [-0.15, -0.1) is 10.2 Å². The minimum Gasteiger partial charge on any atom is -0.377 e. The lowest BCUT2D eigenvalue weighted by atomic mass is 10.2. The molecule has 1 aromatic carbocycles. The molecule has 156 valence electrons. The SMILES string of the molecule is COCc1nnc(NC(=O)[C@@H](C)NC(=O)N2CCN(c3ccc(F)cc3)CC2)s1. The van der Waals surface area contributed by atoms with Crippen LogP contribution in [-0.4, -0.2) is 66.4 Å². The largest absolute Gasteiger partial charge is 0.377 e. The first-order chi connectivity index (χ1) is 14.0. The Balaban J connectivity index is 1.45. The summed E-state index contributed by atoms with van der Waals surface area (Å²) in [6, 6.07) is 5.26. The van der Waals surface area contributed by atoms with E-state index in [0.29, 0.717) is 42.9 Å². The van der Waals surface area contributed by atoms with E-state index >= 15 is 0 Å². The van der Waals surface area contributed by atoms with Crippen molar-refractivity contribution in [2.75, 3.05) is 43.5 Å². The van der Waals surface area contributed by atoms with Crippen LogP contribution in [0.2, 0.25) is 0 Å². The summed E-state index contributed by atoms with van der Waals surface area (Å²) >= 11 is 1.22. The smallest absolute Gasteiger partial charge is 0.318 e. The molecular weight excluding hydrogens is 399 g/mol. The topological polar surface area (TPSA) is 99.7 Å². The summed E-state index contributed by atoms with van der Waals surface area (Å²) in [4.78, 5) is 28.5. The number of anilines is 2. The number of hydrogen-bond acceptors (Lipinski definition) is 7. The van der Waals surface area contributed by atoms with E-state index in [4.69, 9.17) is 4.74 Å². The van der Waals surface area contributed by atoms with Crippen molar-refractivity contribution in [2.45, 2.75) is 19.6 Å². The molecule has 0 bridgehead atoms. The second-order valence-corrected chi connectivity index (χ2v) is 7.61. The van der Waals surface area contributed by atoms with E-state index < -0.39 is 6.04 Å². The molecule has 0 saturated carbocycles. The lowest BCUT2D eigenvalue weighted by Crippen LogP contribution is -2.54. The molecular formula is C18H23FN6O3S. The molecule has 1 fully saturated rings. The van der Waals surface area contributed by atoms with E-state index in [0.717, 1.165) is 5.69 Å². The molecule has 2 N–H and O–H groups in total. The van der Waals surface area contributed by atoms with E-state index in [9.17, 15) is 14.0 Å². The first-order valence-corrected chi connectivity index (χ1v) is 9.96. The Kier molecular flexibility index (Phi) is 6.94. The molecule has 11 heteroatoms. The molecule has 9 nitrogen and oxygen atoms in total. The minimum absolute atomic E-state index is 0.275. The molecule has 3 amide bonds. The molecule has 1 saturated heterocycles. The zero-order chi connectivity index (χ0) is 20.8. The first kappa shape index (κ1) is 20.9. The van der Waals surface area contributed by atoms with Crippen LogP contribution in [0.3, 0.4) is 0 Å². The Bertz CT molecular complexity index is 838. The van der Waals surface area contributed by atoms with Crippen molar-refractivity contribution in [3.63, 3.8) is 0 Å². The zero-order valence-corrected chi connectivity index (χ0v) is 17.0. The third-order valence-corrected chi connectivity index (χ3v) is 5.27. The van der Waals surface area contributed by atoms with Gasteiger partial charge in [0.1, 0.15) is 23.5 Å². The molecule has 2 heterocycles. The fraction of sp³-hybridized carbons (Fsp3) is 0.444. The highest BCUT2D eigenvalue weighted by atomic mass is 32.1. The van der Waals surface area contributed by atoms with Crippen molar-refractivity contribution in [1.82, 2.24) is 20.4 Å². The van der Waals surface area contributed by atoms with Crippen molar-refractivity contribution in [3.05, 3.63) is 35.1 Å². The van der Waals surface area contributed by atoms with Crippen LogP contribution in [0.15, 0.2) is 24.3 Å². The lowest BCUT2D eigenvalue weighted by Gasteiger charge is -2.36. The van der Waals surface area contributed by atoms with Gasteiger partial charge in [0.05, 0.1) is 0 Å². The Morgan fingerprint density at radius 2 is 1.90 bits per heavy atom. The Morgan fingerprint density at radius 1 is 1.21 bits per heavy atom. The second kappa shape index (κ2) is 9.61. The Labute approximate surface area is 171 Å². The number of carbonyl (C=O) groups is 2. The first-order valence-electron chi connectivity index (χ1n) is 9.14. The number of methoxy groups -OCH3 is 1. The van der Waals surface area contributed by atoms with Crippen LogP contribution in [-0.2, 0) is 16.1 Å². The molecule has 0 aliphatic carbocycles. The maximum atomic E-state index is 13.1. The fourth-order valence-corrected chi connectivity index (χ4v) is 3.58. The molecule has 2 aromatic rings. The molecule has 1 atom stereocenters. The van der Waals surface area contributed by atoms with Gasteiger partial charge in [0.25, 0.3) is 0 Å². The molecule has 3 rings (SSSR count). The van der Waals surface area contributed by atoms with Crippen molar-refractivity contribution in [2.24, 2.45) is 0 Å². The maximum absolute atomic E-state index is 13.1. The second-order valence-electron chi connectivity index (χ2n) is 6.54. The van der Waals surface area contributed by atoms with Gasteiger partial charge in [0, 0.05) is 39.0 Å². The number of carbonyl (C=O) groups excluding carboxylic acids is 2. The molecule has 1 aliphatic heterocycles. The predicted molar refractivity (Wildman–Crippen MR) is 107 cm³/mol. The van der Waals surface area contributed by atoms with Crippen molar-refractivity contribution in [1.29, 1.82) is 0 Å². The highest BCUT2D eigenvalue weighted by molar-refractivity contribution is 7.15. The number of nitrogens with zero attached hydrogens (tertiary/aromatic N) is 4. The van der Waals surface area contributed by atoms with Gasteiger partial charge >= 0.3 is 6.03 Å². The lowest BCUT2D eigenvalue weighted by molar-refractivity contribution is -0.117. The number of rotatable bonds is 6. The number of amides is 3. The molecule has 29 heavy (non-hydrogen) atoms. The van der Waals surface area contributed by atoms with Crippen LogP contribution in [0, 0.1) is 5.82 Å². The summed E-state index contributed by atoms with van der Waals surface area (Å²) < 4.78 is 18.0. The van der Waals surface area contributed by atoms with Crippen LogP contribution < -0.4 is 15.5 Å². The standard InChI is InChI=1S/C18H23FN6O3S/c1-12(16(26)21-17-23-22-15(29-17)11-28-2)20-18(27)25-9-7-24(8-10-25)14-5-3-13(19)4-6-14/h3-6,12H,7-11H2,1-2H3,(H,20,27)(H,21,23,26)/t12-/m1/s1. The van der Waals surface area contributed by atoms with Gasteiger partial charge in [-0.05, 0) is 31.2 Å². The molecule has 1 aromatic heterocycles. The van der Waals surface area contributed by atoms with Gasteiger partial charge < -0.3 is 19.9 Å². The summed E-state index contributed by atoms with van der Waals surface area (Å²) in [5.41, 5.74) is 0.920. The quantitative estimate of drug-likeness (QED) is 0.735. The summed E-state index contributed by atoms with van der Waals surface area (Å²) in [6.07, 6.45) is 0. The summed E-state index contributed by atoms with van der Waals surface area (Å²) in [5.74, 6) is -0.647. The monoisotopic (exact) mass is 422 g/mol. The Morgan fingerprint density at radius 3 is 2.55 bits per heavy atom. The number of piperazine rings is 1. The number of nitrogens with one attached hydrogen (secondary N) is 2. The molecule has 0 unspecified atom stereocenters. The number of aromatic nitrogens is 2. The van der Waals surface area contributed by atoms with Crippen molar-refractivity contribution in [3.8, 4) is 0 Å². The van der Waals surface area contributed by atoms with Gasteiger partial charge in [-0.3, -0.25) is 10.1 Å². The number of ether oxygens (including phenoxy) is 1. The van der Waals surface area contributed by atoms with Gasteiger partial charge in [0.2, 0.25) is 11.0 Å². The highest BCUT2D eigenvalue weighted by Gasteiger charge is 2.24. The summed E-state index contributed by atoms with van der Waals surface area (Å²) in [7, 11) is 1.55. The zero-order valence-electron chi connectivity index (χ0n) is 16.2. The van der Waals surface area contributed by atoms with E-state index in [1.54, 1.807) is 31.1 Å². The third-order valence-electron chi connectivity index (χ3n) is 4.46. The number of benzene rings is 1. The Hall–Kier alpha value is -2.79. The minimum atomic E-state index is -0.729. The van der Waals surface area contributed by atoms with Gasteiger partial charge in [-0.25, -0.2) is 9.18 Å². The van der Waals surface area contributed by atoms with Gasteiger partial charge in [-0.1, -0.05) is 11.3 Å². The summed E-state index contributed by atoms with van der Waals surface area (Å²) in [5, 5.41) is 14.1. The molecule has 1 aliphatic rings.